The zero-order chi connectivity index (χ0) is 25.5. The van der Waals surface area contributed by atoms with Crippen LogP contribution < -0.4 is 4.90 Å². The lowest BCUT2D eigenvalue weighted by Crippen LogP contribution is -2.47. The summed E-state index contributed by atoms with van der Waals surface area (Å²) in [5, 5.41) is 12.7. The molecule has 2 aliphatic heterocycles. The molecule has 0 radical (unpaired) electrons. The first-order valence-electron chi connectivity index (χ1n) is 11.7. The second-order valence-electron chi connectivity index (χ2n) is 9.13. The summed E-state index contributed by atoms with van der Waals surface area (Å²) in [6.07, 6.45) is -3.83. The second-order valence-corrected chi connectivity index (χ2v) is 9.13. The Balaban J connectivity index is 1.15. The highest BCUT2D eigenvalue weighted by molar-refractivity contribution is 5.49. The third-order valence-electron chi connectivity index (χ3n) is 6.90. The standard InChI is InChI=1S/C24H25F5N6O/c1-16(23(15-36-23)20-6-5-18(25)14-21(20)26)35-31-22(30-32-35)7-8-33-9-11-34(12-10-33)19-4-2-3-17(13-19)24(27,28)29/h2-6,13-14,16H,7-12,15H2,1H3. The molecule has 1 aromatic heterocycles. The number of aromatic nitrogens is 4. The molecule has 2 saturated heterocycles. The van der Waals surface area contributed by atoms with Crippen molar-refractivity contribution in [3.05, 3.63) is 71.1 Å². The van der Waals surface area contributed by atoms with E-state index in [1.807, 2.05) is 4.90 Å². The fourth-order valence-electron chi connectivity index (χ4n) is 4.61. The smallest absolute Gasteiger partial charge is 0.369 e. The SMILES string of the molecule is CC(n1nnc(CCN2CCN(c3cccc(C(F)(F)F)c3)CC2)n1)C1(c2ccc(F)cc2F)CO1. The molecule has 0 spiro atoms. The van der Waals surface area contributed by atoms with Gasteiger partial charge in [-0.15, -0.1) is 10.2 Å². The number of tetrazole rings is 1. The molecule has 2 atom stereocenters. The molecule has 2 aliphatic rings. The molecular formula is C24H25F5N6O. The highest BCUT2D eigenvalue weighted by Gasteiger charge is 2.54. The Morgan fingerprint density at radius 3 is 2.47 bits per heavy atom. The monoisotopic (exact) mass is 508 g/mol. The third kappa shape index (κ3) is 4.92. The van der Waals surface area contributed by atoms with Crippen molar-refractivity contribution in [2.75, 3.05) is 44.2 Å². The maximum Gasteiger partial charge on any atom is 0.416 e. The van der Waals surface area contributed by atoms with Crippen molar-refractivity contribution in [1.29, 1.82) is 0 Å². The molecule has 5 rings (SSSR count). The average Bonchev–Trinajstić information content (AvgIpc) is 3.52. The molecule has 3 heterocycles. The van der Waals surface area contributed by atoms with E-state index in [2.05, 4.69) is 20.3 Å². The van der Waals surface area contributed by atoms with Gasteiger partial charge in [0.2, 0.25) is 0 Å². The number of anilines is 1. The van der Waals surface area contributed by atoms with E-state index in [0.717, 1.165) is 12.1 Å². The van der Waals surface area contributed by atoms with Crippen molar-refractivity contribution < 1.29 is 26.7 Å². The van der Waals surface area contributed by atoms with Crippen molar-refractivity contribution in [3.63, 3.8) is 0 Å². The number of halogens is 5. The van der Waals surface area contributed by atoms with Gasteiger partial charge >= 0.3 is 6.18 Å². The van der Waals surface area contributed by atoms with Crippen LogP contribution in [0, 0.1) is 11.6 Å². The van der Waals surface area contributed by atoms with Crippen LogP contribution >= 0.6 is 0 Å². The van der Waals surface area contributed by atoms with Crippen LogP contribution in [-0.2, 0) is 22.9 Å². The van der Waals surface area contributed by atoms with E-state index in [0.29, 0.717) is 50.7 Å². The predicted octanol–water partition coefficient (Wildman–Crippen LogP) is 3.82. The Morgan fingerprint density at radius 2 is 1.81 bits per heavy atom. The summed E-state index contributed by atoms with van der Waals surface area (Å²) in [6.45, 7) is 5.36. The van der Waals surface area contributed by atoms with Crippen LogP contribution in [0.15, 0.2) is 42.5 Å². The van der Waals surface area contributed by atoms with Gasteiger partial charge in [-0.05, 0) is 36.4 Å². The molecule has 3 aromatic rings. The third-order valence-corrected chi connectivity index (χ3v) is 6.90. The molecular weight excluding hydrogens is 483 g/mol. The van der Waals surface area contributed by atoms with Crippen LogP contribution in [0.25, 0.3) is 0 Å². The van der Waals surface area contributed by atoms with Crippen LogP contribution in [-0.4, -0.2) is 64.4 Å². The molecule has 2 unspecified atom stereocenters. The summed E-state index contributed by atoms with van der Waals surface area (Å²) in [4.78, 5) is 5.55. The first kappa shape index (κ1) is 24.6. The van der Waals surface area contributed by atoms with E-state index in [4.69, 9.17) is 4.74 Å². The molecule has 7 nitrogen and oxygen atoms in total. The van der Waals surface area contributed by atoms with Gasteiger partial charge in [0.15, 0.2) is 5.82 Å². The van der Waals surface area contributed by atoms with Crippen LogP contribution in [0.4, 0.5) is 27.6 Å². The molecule has 36 heavy (non-hydrogen) atoms. The Morgan fingerprint density at radius 1 is 1.06 bits per heavy atom. The molecule has 12 heteroatoms. The number of benzene rings is 2. The van der Waals surface area contributed by atoms with Gasteiger partial charge in [-0.3, -0.25) is 4.90 Å². The van der Waals surface area contributed by atoms with Crippen molar-refractivity contribution in [2.45, 2.75) is 31.2 Å². The van der Waals surface area contributed by atoms with Gasteiger partial charge in [-0.1, -0.05) is 12.1 Å². The summed E-state index contributed by atoms with van der Waals surface area (Å²) in [5.74, 6) is -0.807. The van der Waals surface area contributed by atoms with E-state index in [-0.39, 0.29) is 12.2 Å². The molecule has 192 valence electrons. The minimum Gasteiger partial charge on any atom is -0.369 e. The number of rotatable bonds is 7. The zero-order valence-electron chi connectivity index (χ0n) is 19.5. The normalized spacial score (nSPS) is 21.6. The molecule has 0 saturated carbocycles. The fraction of sp³-hybridized carbons (Fsp3) is 0.458. The quantitative estimate of drug-likeness (QED) is 0.357. The Kier molecular flexibility index (Phi) is 6.41. The fourth-order valence-corrected chi connectivity index (χ4v) is 4.61. The molecule has 2 fully saturated rings. The Bertz CT molecular complexity index is 1220. The van der Waals surface area contributed by atoms with Crippen molar-refractivity contribution >= 4 is 5.69 Å². The lowest BCUT2D eigenvalue weighted by atomic mass is 9.93. The maximum atomic E-state index is 14.4. The number of nitrogens with zero attached hydrogens (tertiary/aromatic N) is 6. The van der Waals surface area contributed by atoms with Crippen molar-refractivity contribution in [1.82, 2.24) is 25.1 Å². The minimum absolute atomic E-state index is 0.258. The molecule has 0 amide bonds. The van der Waals surface area contributed by atoms with Gasteiger partial charge < -0.3 is 9.64 Å². The molecule has 0 bridgehead atoms. The molecule has 0 aliphatic carbocycles. The van der Waals surface area contributed by atoms with Crippen LogP contribution in [0.1, 0.15) is 29.9 Å². The summed E-state index contributed by atoms with van der Waals surface area (Å²) in [6, 6.07) is 8.35. The Hall–Kier alpha value is -3.12. The van der Waals surface area contributed by atoms with Gasteiger partial charge in [-0.25, -0.2) is 8.78 Å². The predicted molar refractivity (Wildman–Crippen MR) is 120 cm³/mol. The average molecular weight is 508 g/mol. The van der Waals surface area contributed by atoms with E-state index in [1.165, 1.54) is 29.1 Å². The number of hydrogen-bond donors (Lipinski definition) is 0. The number of alkyl halides is 3. The van der Waals surface area contributed by atoms with E-state index in [9.17, 15) is 22.0 Å². The van der Waals surface area contributed by atoms with Gasteiger partial charge in [0, 0.05) is 56.5 Å². The van der Waals surface area contributed by atoms with Crippen molar-refractivity contribution in [2.24, 2.45) is 0 Å². The van der Waals surface area contributed by atoms with E-state index >= 15 is 0 Å². The van der Waals surface area contributed by atoms with Gasteiger partial charge in [-0.2, -0.15) is 18.0 Å². The highest BCUT2D eigenvalue weighted by Crippen LogP contribution is 2.48. The lowest BCUT2D eigenvalue weighted by molar-refractivity contribution is -0.137. The van der Waals surface area contributed by atoms with Gasteiger partial charge in [0.25, 0.3) is 0 Å². The van der Waals surface area contributed by atoms with Gasteiger partial charge in [0.05, 0.1) is 12.2 Å². The van der Waals surface area contributed by atoms with E-state index < -0.39 is 35.0 Å². The summed E-state index contributed by atoms with van der Waals surface area (Å²) in [7, 11) is 0. The zero-order valence-corrected chi connectivity index (χ0v) is 19.5. The van der Waals surface area contributed by atoms with Crippen molar-refractivity contribution in [3.8, 4) is 0 Å². The summed E-state index contributed by atoms with van der Waals surface area (Å²) >= 11 is 0. The number of ether oxygens (including phenoxy) is 1. The first-order chi connectivity index (χ1) is 17.2. The molecule has 0 N–H and O–H groups in total. The highest BCUT2D eigenvalue weighted by atomic mass is 19.4. The lowest BCUT2D eigenvalue weighted by Gasteiger charge is -2.36. The minimum atomic E-state index is -4.36. The van der Waals surface area contributed by atoms with Crippen LogP contribution in [0.2, 0.25) is 0 Å². The number of epoxide rings is 1. The topological polar surface area (TPSA) is 62.6 Å². The number of piperazine rings is 1. The summed E-state index contributed by atoms with van der Waals surface area (Å²) in [5.41, 5.74) is -0.785. The maximum absolute atomic E-state index is 14.4. The largest absolute Gasteiger partial charge is 0.416 e. The van der Waals surface area contributed by atoms with Crippen LogP contribution in [0.5, 0.6) is 0 Å². The number of hydrogen-bond acceptors (Lipinski definition) is 6. The van der Waals surface area contributed by atoms with Gasteiger partial charge in [0.1, 0.15) is 23.3 Å². The van der Waals surface area contributed by atoms with Crippen LogP contribution in [0.3, 0.4) is 0 Å². The van der Waals surface area contributed by atoms with E-state index in [1.54, 1.807) is 13.0 Å². The first-order valence-corrected chi connectivity index (χ1v) is 11.7. The second kappa shape index (κ2) is 9.40. The summed E-state index contributed by atoms with van der Waals surface area (Å²) < 4.78 is 72.3. The molecule has 2 aromatic carbocycles. The Labute approximate surface area is 204 Å².